The van der Waals surface area contributed by atoms with E-state index < -0.39 is 0 Å². The summed E-state index contributed by atoms with van der Waals surface area (Å²) in [4.78, 5) is 31.3. The molecule has 0 spiro atoms. The van der Waals surface area contributed by atoms with Gasteiger partial charge in [-0.2, -0.15) is 0 Å². The Labute approximate surface area is 207 Å². The second-order valence-electron chi connectivity index (χ2n) is 7.76. The maximum atomic E-state index is 13.6. The zero-order valence-electron chi connectivity index (χ0n) is 18.4. The van der Waals surface area contributed by atoms with Gasteiger partial charge < -0.3 is 14.5 Å². The molecule has 0 bridgehead atoms. The maximum Gasteiger partial charge on any atom is 0.254 e. The van der Waals surface area contributed by atoms with Crippen LogP contribution in [0.25, 0.3) is 0 Å². The number of amides is 2. The summed E-state index contributed by atoms with van der Waals surface area (Å²) >= 11 is 14.4. The predicted octanol–water partition coefficient (Wildman–Crippen LogP) is 5.70. The molecule has 1 unspecified atom stereocenters. The van der Waals surface area contributed by atoms with E-state index in [1.165, 1.54) is 4.88 Å². The molecule has 0 saturated heterocycles. The lowest BCUT2D eigenvalue weighted by atomic mass is 9.93. The molecule has 33 heavy (non-hydrogen) atoms. The Kier molecular flexibility index (Phi) is 7.27. The van der Waals surface area contributed by atoms with Crippen LogP contribution in [-0.2, 0) is 11.2 Å². The minimum Gasteiger partial charge on any atom is -0.497 e. The summed E-state index contributed by atoms with van der Waals surface area (Å²) in [5, 5.41) is 3.10. The van der Waals surface area contributed by atoms with Crippen molar-refractivity contribution in [2.24, 2.45) is 0 Å². The smallest absolute Gasteiger partial charge is 0.254 e. The van der Waals surface area contributed by atoms with Gasteiger partial charge in [-0.1, -0.05) is 35.3 Å². The molecule has 1 aliphatic heterocycles. The molecule has 2 heterocycles. The Morgan fingerprint density at radius 1 is 1.15 bits per heavy atom. The summed E-state index contributed by atoms with van der Waals surface area (Å²) in [6.45, 7) is 2.81. The van der Waals surface area contributed by atoms with E-state index in [9.17, 15) is 9.59 Å². The molecule has 0 saturated carbocycles. The first-order valence-corrected chi connectivity index (χ1v) is 12.3. The van der Waals surface area contributed by atoms with E-state index in [1.807, 2.05) is 29.3 Å². The summed E-state index contributed by atoms with van der Waals surface area (Å²) < 4.78 is 5.24. The third kappa shape index (κ3) is 4.88. The number of fused-ring (bicyclic) bond motifs is 1. The first kappa shape index (κ1) is 23.6. The van der Waals surface area contributed by atoms with Crippen molar-refractivity contribution >= 4 is 46.4 Å². The van der Waals surface area contributed by atoms with Crippen LogP contribution in [0.1, 0.15) is 39.3 Å². The highest BCUT2D eigenvalue weighted by atomic mass is 35.5. The Balaban J connectivity index is 1.62. The largest absolute Gasteiger partial charge is 0.497 e. The zero-order chi connectivity index (χ0) is 23.5. The van der Waals surface area contributed by atoms with Crippen LogP contribution in [0.2, 0.25) is 10.0 Å². The van der Waals surface area contributed by atoms with Crippen molar-refractivity contribution in [1.29, 1.82) is 0 Å². The highest BCUT2D eigenvalue weighted by molar-refractivity contribution is 7.10. The Morgan fingerprint density at radius 2 is 1.97 bits per heavy atom. The van der Waals surface area contributed by atoms with Gasteiger partial charge >= 0.3 is 0 Å². The van der Waals surface area contributed by atoms with Crippen molar-refractivity contribution in [3.8, 4) is 5.75 Å². The van der Waals surface area contributed by atoms with Gasteiger partial charge in [-0.05, 0) is 66.2 Å². The van der Waals surface area contributed by atoms with Crippen molar-refractivity contribution in [3.63, 3.8) is 0 Å². The number of hydrogen-bond acceptors (Lipinski definition) is 4. The van der Waals surface area contributed by atoms with Crippen LogP contribution in [0.5, 0.6) is 5.75 Å². The van der Waals surface area contributed by atoms with Gasteiger partial charge in [0.2, 0.25) is 5.91 Å². The number of halogens is 2. The number of hydrogen-bond donors (Lipinski definition) is 0. The number of nitrogens with zero attached hydrogens (tertiary/aromatic N) is 2. The Morgan fingerprint density at radius 3 is 2.70 bits per heavy atom. The highest BCUT2D eigenvalue weighted by Gasteiger charge is 2.35. The molecule has 8 heteroatoms. The van der Waals surface area contributed by atoms with Gasteiger partial charge in [0.15, 0.2) is 0 Å². The molecule has 0 fully saturated rings. The fourth-order valence-corrected chi connectivity index (χ4v) is 5.58. The molecule has 1 aliphatic rings. The normalized spacial score (nSPS) is 15.2. The van der Waals surface area contributed by atoms with Gasteiger partial charge in [0, 0.05) is 33.6 Å². The van der Waals surface area contributed by atoms with E-state index in [1.54, 1.807) is 59.7 Å². The summed E-state index contributed by atoms with van der Waals surface area (Å²) in [5.74, 6) is 0.265. The van der Waals surface area contributed by atoms with Crippen LogP contribution < -0.4 is 4.74 Å². The van der Waals surface area contributed by atoms with E-state index in [2.05, 4.69) is 0 Å². The van der Waals surface area contributed by atoms with Crippen molar-refractivity contribution in [2.45, 2.75) is 19.4 Å². The summed E-state index contributed by atoms with van der Waals surface area (Å²) in [7, 11) is 1.56. The first-order valence-electron chi connectivity index (χ1n) is 10.7. The number of rotatable bonds is 6. The quantitative estimate of drug-likeness (QED) is 0.434. The fourth-order valence-electron chi connectivity index (χ4n) is 4.16. The highest BCUT2D eigenvalue weighted by Crippen LogP contribution is 2.41. The number of carbonyl (C=O) groups is 2. The van der Waals surface area contributed by atoms with Gasteiger partial charge in [0.25, 0.3) is 5.91 Å². The number of ether oxygens (including phenoxy) is 1. The van der Waals surface area contributed by atoms with Crippen LogP contribution in [0.3, 0.4) is 0 Å². The molecule has 172 valence electrons. The fraction of sp³-hybridized carbons (Fsp3) is 0.280. The van der Waals surface area contributed by atoms with Gasteiger partial charge in [-0.3, -0.25) is 9.59 Å². The molecule has 3 aromatic rings. The lowest BCUT2D eigenvalue weighted by molar-refractivity contribution is -0.134. The molecule has 0 radical (unpaired) electrons. The average Bonchev–Trinajstić information content (AvgIpc) is 3.30. The molecular formula is C25H24Cl2N2O3S. The third-order valence-electron chi connectivity index (χ3n) is 5.86. The first-order chi connectivity index (χ1) is 15.9. The molecular weight excluding hydrogens is 479 g/mol. The predicted molar refractivity (Wildman–Crippen MR) is 133 cm³/mol. The van der Waals surface area contributed by atoms with Crippen LogP contribution in [0.4, 0.5) is 0 Å². The van der Waals surface area contributed by atoms with Gasteiger partial charge in [0.05, 0.1) is 13.2 Å². The van der Waals surface area contributed by atoms with E-state index in [-0.39, 0.29) is 24.4 Å². The third-order valence-corrected chi connectivity index (χ3v) is 7.41. The summed E-state index contributed by atoms with van der Waals surface area (Å²) in [5.41, 5.74) is 2.39. The monoisotopic (exact) mass is 502 g/mol. The van der Waals surface area contributed by atoms with Gasteiger partial charge in [0.1, 0.15) is 12.3 Å². The standard InChI is InChI=1S/C25H24Cl2N2O3S/c1-3-28(25(31)16-5-4-6-18(13-16)32-2)15-23(30)29-11-9-22-20(10-12-33-22)24(29)19-8-7-17(26)14-21(19)27/h4-8,10,12-14,24H,3,9,11,15H2,1-2H3. The van der Waals surface area contributed by atoms with Crippen LogP contribution in [0, 0.1) is 0 Å². The Bertz CT molecular complexity index is 1180. The van der Waals surface area contributed by atoms with E-state index in [0.29, 0.717) is 34.4 Å². The van der Waals surface area contributed by atoms with Gasteiger partial charge in [-0.25, -0.2) is 0 Å². The minimum absolute atomic E-state index is 0.0201. The number of carbonyl (C=O) groups excluding carboxylic acids is 2. The molecule has 1 aromatic heterocycles. The summed E-state index contributed by atoms with van der Waals surface area (Å²) in [6.07, 6.45) is 0.774. The molecule has 4 rings (SSSR count). The molecule has 2 aromatic carbocycles. The van der Waals surface area contributed by atoms with Crippen molar-refractivity contribution in [2.75, 3.05) is 26.7 Å². The summed E-state index contributed by atoms with van der Waals surface area (Å²) in [6, 6.07) is 14.1. The SMILES string of the molecule is CCN(CC(=O)N1CCc2sccc2C1c1ccc(Cl)cc1Cl)C(=O)c1cccc(OC)c1. The topological polar surface area (TPSA) is 49.9 Å². The zero-order valence-corrected chi connectivity index (χ0v) is 20.7. The lowest BCUT2D eigenvalue weighted by Gasteiger charge is -2.38. The average molecular weight is 503 g/mol. The molecule has 1 atom stereocenters. The number of likely N-dealkylation sites (N-methyl/N-ethyl adjacent to an activating group) is 1. The lowest BCUT2D eigenvalue weighted by Crippen LogP contribution is -2.46. The number of benzene rings is 2. The van der Waals surface area contributed by atoms with E-state index >= 15 is 0 Å². The van der Waals surface area contributed by atoms with E-state index in [0.717, 1.165) is 17.5 Å². The molecule has 0 N–H and O–H groups in total. The van der Waals surface area contributed by atoms with Crippen molar-refractivity contribution < 1.29 is 14.3 Å². The molecule has 2 amide bonds. The molecule has 0 aliphatic carbocycles. The molecule has 5 nitrogen and oxygen atoms in total. The van der Waals surface area contributed by atoms with Gasteiger partial charge in [-0.15, -0.1) is 11.3 Å². The van der Waals surface area contributed by atoms with Crippen LogP contribution in [0.15, 0.2) is 53.9 Å². The Hall–Kier alpha value is -2.54. The maximum absolute atomic E-state index is 13.6. The minimum atomic E-state index is -0.317. The van der Waals surface area contributed by atoms with Crippen LogP contribution in [-0.4, -0.2) is 48.4 Å². The van der Waals surface area contributed by atoms with E-state index in [4.69, 9.17) is 27.9 Å². The number of methoxy groups -OCH3 is 1. The van der Waals surface area contributed by atoms with Crippen LogP contribution >= 0.6 is 34.5 Å². The van der Waals surface area contributed by atoms with Crippen molar-refractivity contribution in [1.82, 2.24) is 9.80 Å². The second-order valence-corrected chi connectivity index (χ2v) is 9.60. The number of thiophene rings is 1. The van der Waals surface area contributed by atoms with Crippen molar-refractivity contribution in [3.05, 3.63) is 85.5 Å². The second kappa shape index (κ2) is 10.2.